The normalized spacial score (nSPS) is 30.6. The van der Waals surface area contributed by atoms with Crippen molar-refractivity contribution in [3.05, 3.63) is 29.8 Å². The van der Waals surface area contributed by atoms with Gasteiger partial charge in [0, 0.05) is 30.2 Å². The van der Waals surface area contributed by atoms with Gasteiger partial charge in [0.25, 0.3) is 0 Å². The molecule has 1 spiro atoms. The zero-order chi connectivity index (χ0) is 21.1. The summed E-state index contributed by atoms with van der Waals surface area (Å²) >= 11 is 0. The first-order valence-electron chi connectivity index (χ1n) is 11.5. The number of carbonyl (C=O) groups is 2. The number of hydrogen-bond acceptors (Lipinski definition) is 3. The number of anilines is 1. The van der Waals surface area contributed by atoms with Crippen molar-refractivity contribution in [2.45, 2.75) is 76.3 Å². The molecule has 30 heavy (non-hydrogen) atoms. The lowest BCUT2D eigenvalue weighted by molar-refractivity contribution is -0.138. The van der Waals surface area contributed by atoms with E-state index in [9.17, 15) is 9.59 Å². The summed E-state index contributed by atoms with van der Waals surface area (Å²) in [6.07, 6.45) is 9.03. The minimum absolute atomic E-state index is 0.0230. The van der Waals surface area contributed by atoms with Crippen molar-refractivity contribution in [2.24, 2.45) is 11.8 Å². The minimum atomic E-state index is -0.185. The van der Waals surface area contributed by atoms with Crippen LogP contribution in [-0.2, 0) is 4.79 Å². The van der Waals surface area contributed by atoms with Crippen molar-refractivity contribution in [1.82, 2.24) is 10.2 Å². The van der Waals surface area contributed by atoms with Crippen LogP contribution in [0.15, 0.2) is 24.3 Å². The van der Waals surface area contributed by atoms with Crippen molar-refractivity contribution in [3.8, 4) is 6.07 Å². The molecule has 0 aromatic heterocycles. The van der Waals surface area contributed by atoms with Gasteiger partial charge >= 0.3 is 6.03 Å². The summed E-state index contributed by atoms with van der Waals surface area (Å²) in [4.78, 5) is 27.7. The van der Waals surface area contributed by atoms with Crippen molar-refractivity contribution < 1.29 is 9.59 Å². The van der Waals surface area contributed by atoms with Crippen LogP contribution in [0.5, 0.6) is 0 Å². The molecule has 2 heterocycles. The number of urea groups is 1. The van der Waals surface area contributed by atoms with Gasteiger partial charge in [0.15, 0.2) is 0 Å². The standard InChI is InChI=1S/C24H32N4O2/c1-2-5-19-20-6-3-7-22(29)28-15-4-13-24(20,28)14-12-21(19)27-23(30)26-18-10-8-17(16-25)9-11-18/h8-11,19-21H,2-7,12-15H2,1H3,(H2,26,27,30)/t19-,20+,21+,24-/m1/s1. The highest BCUT2D eigenvalue weighted by Gasteiger charge is 2.55. The van der Waals surface area contributed by atoms with Gasteiger partial charge in [-0.3, -0.25) is 4.79 Å². The monoisotopic (exact) mass is 408 g/mol. The average molecular weight is 409 g/mol. The summed E-state index contributed by atoms with van der Waals surface area (Å²) < 4.78 is 0. The molecule has 0 radical (unpaired) electrons. The van der Waals surface area contributed by atoms with E-state index >= 15 is 0 Å². The van der Waals surface area contributed by atoms with Crippen LogP contribution in [0, 0.1) is 23.2 Å². The van der Waals surface area contributed by atoms with E-state index in [0.29, 0.717) is 35.4 Å². The molecule has 2 saturated heterocycles. The average Bonchev–Trinajstić information content (AvgIpc) is 3.11. The maximum atomic E-state index is 12.7. The van der Waals surface area contributed by atoms with Crippen LogP contribution in [-0.4, -0.2) is 35.0 Å². The van der Waals surface area contributed by atoms with Crippen LogP contribution < -0.4 is 10.6 Å². The van der Waals surface area contributed by atoms with Gasteiger partial charge in [-0.15, -0.1) is 0 Å². The molecular formula is C24H32N4O2. The third-order valence-electron chi connectivity index (χ3n) is 7.56. The first kappa shape index (κ1) is 20.7. The molecule has 6 heteroatoms. The Labute approximate surface area is 179 Å². The largest absolute Gasteiger partial charge is 0.337 e. The molecule has 1 aromatic carbocycles. The topological polar surface area (TPSA) is 85.2 Å². The molecule has 2 N–H and O–H groups in total. The number of nitriles is 1. The minimum Gasteiger partial charge on any atom is -0.337 e. The molecule has 3 amide bonds. The Bertz CT molecular complexity index is 831. The van der Waals surface area contributed by atoms with E-state index < -0.39 is 0 Å². The zero-order valence-corrected chi connectivity index (χ0v) is 17.8. The Hall–Kier alpha value is -2.55. The first-order valence-corrected chi connectivity index (χ1v) is 11.5. The lowest BCUT2D eigenvalue weighted by Crippen LogP contribution is -2.60. The van der Waals surface area contributed by atoms with Gasteiger partial charge in [0.1, 0.15) is 0 Å². The molecule has 4 atom stereocenters. The van der Waals surface area contributed by atoms with Gasteiger partial charge in [0.2, 0.25) is 5.91 Å². The maximum Gasteiger partial charge on any atom is 0.319 e. The van der Waals surface area contributed by atoms with Crippen LogP contribution in [0.1, 0.15) is 70.3 Å². The second-order valence-corrected chi connectivity index (χ2v) is 9.14. The third kappa shape index (κ3) is 3.78. The molecule has 1 saturated carbocycles. The van der Waals surface area contributed by atoms with Crippen LogP contribution in [0.4, 0.5) is 10.5 Å². The lowest BCUT2D eigenvalue weighted by atomic mass is 9.61. The van der Waals surface area contributed by atoms with Crippen molar-refractivity contribution in [1.29, 1.82) is 5.26 Å². The van der Waals surface area contributed by atoms with E-state index in [1.807, 2.05) is 0 Å². The zero-order valence-electron chi connectivity index (χ0n) is 17.8. The summed E-state index contributed by atoms with van der Waals surface area (Å²) in [6, 6.07) is 8.96. The number of nitrogens with one attached hydrogen (secondary N) is 2. The van der Waals surface area contributed by atoms with Gasteiger partial charge in [0.05, 0.1) is 11.6 Å². The predicted molar refractivity (Wildman–Crippen MR) is 116 cm³/mol. The summed E-state index contributed by atoms with van der Waals surface area (Å²) in [5.41, 5.74) is 1.29. The van der Waals surface area contributed by atoms with Crippen molar-refractivity contribution in [3.63, 3.8) is 0 Å². The molecule has 1 aromatic rings. The molecule has 1 aliphatic carbocycles. The Morgan fingerprint density at radius 1 is 1.23 bits per heavy atom. The fourth-order valence-corrected chi connectivity index (χ4v) is 6.37. The van der Waals surface area contributed by atoms with Crippen LogP contribution >= 0.6 is 0 Å². The SMILES string of the molecule is CCC[C@H]1[C@@H](NC(=O)Nc2ccc(C#N)cc2)CC[C@@]23CCCN2C(=O)CCC[C@@H]13. The second-order valence-electron chi connectivity index (χ2n) is 9.14. The van der Waals surface area contributed by atoms with E-state index in [1.54, 1.807) is 24.3 Å². The van der Waals surface area contributed by atoms with E-state index in [2.05, 4.69) is 28.5 Å². The number of hydrogen-bond donors (Lipinski definition) is 2. The highest BCUT2D eigenvalue weighted by Crippen LogP contribution is 2.52. The van der Waals surface area contributed by atoms with Crippen molar-refractivity contribution >= 4 is 17.6 Å². The fourth-order valence-electron chi connectivity index (χ4n) is 6.37. The molecule has 0 bridgehead atoms. The van der Waals surface area contributed by atoms with Gasteiger partial charge in [-0.2, -0.15) is 5.26 Å². The highest BCUT2D eigenvalue weighted by atomic mass is 16.2. The number of carbonyl (C=O) groups excluding carboxylic acids is 2. The van der Waals surface area contributed by atoms with Gasteiger partial charge < -0.3 is 15.5 Å². The van der Waals surface area contributed by atoms with E-state index in [1.165, 1.54) is 0 Å². The summed E-state index contributed by atoms with van der Waals surface area (Å²) in [5.74, 6) is 1.22. The number of benzene rings is 1. The maximum absolute atomic E-state index is 12.7. The Kier molecular flexibility index (Phi) is 5.99. The molecular weight excluding hydrogens is 376 g/mol. The van der Waals surface area contributed by atoms with E-state index in [4.69, 9.17) is 5.26 Å². The van der Waals surface area contributed by atoms with Gasteiger partial charge in [-0.25, -0.2) is 4.79 Å². The molecule has 2 aliphatic heterocycles. The smallest absolute Gasteiger partial charge is 0.319 e. The van der Waals surface area contributed by atoms with Crippen LogP contribution in [0.25, 0.3) is 0 Å². The molecule has 0 unspecified atom stereocenters. The van der Waals surface area contributed by atoms with Gasteiger partial charge in [-0.1, -0.05) is 13.3 Å². The highest BCUT2D eigenvalue weighted by molar-refractivity contribution is 5.89. The fraction of sp³-hybridized carbons (Fsp3) is 0.625. The number of rotatable bonds is 4. The predicted octanol–water partition coefficient (Wildman–Crippen LogP) is 4.42. The molecule has 6 nitrogen and oxygen atoms in total. The molecule has 4 rings (SSSR count). The Morgan fingerprint density at radius 3 is 2.77 bits per heavy atom. The summed E-state index contributed by atoms with van der Waals surface area (Å²) in [5, 5.41) is 15.1. The number of amides is 3. The molecule has 3 fully saturated rings. The van der Waals surface area contributed by atoms with Crippen LogP contribution in [0.3, 0.4) is 0 Å². The van der Waals surface area contributed by atoms with Crippen molar-refractivity contribution in [2.75, 3.05) is 11.9 Å². The van der Waals surface area contributed by atoms with Crippen LogP contribution in [0.2, 0.25) is 0 Å². The van der Waals surface area contributed by atoms with E-state index in [-0.39, 0.29) is 17.6 Å². The Morgan fingerprint density at radius 2 is 2.03 bits per heavy atom. The summed E-state index contributed by atoms with van der Waals surface area (Å²) in [7, 11) is 0. The number of nitrogens with zero attached hydrogens (tertiary/aromatic N) is 2. The first-order chi connectivity index (χ1) is 14.6. The van der Waals surface area contributed by atoms with E-state index in [0.717, 1.165) is 57.9 Å². The lowest BCUT2D eigenvalue weighted by Gasteiger charge is -2.53. The summed E-state index contributed by atoms with van der Waals surface area (Å²) in [6.45, 7) is 3.12. The Balaban J connectivity index is 1.49. The van der Waals surface area contributed by atoms with Gasteiger partial charge in [-0.05, 0) is 81.0 Å². The quantitative estimate of drug-likeness (QED) is 0.773. The third-order valence-corrected chi connectivity index (χ3v) is 7.56. The molecule has 3 aliphatic rings. The molecule has 160 valence electrons. The second kappa shape index (κ2) is 8.67.